The zero-order chi connectivity index (χ0) is 11.4. The molecule has 0 unspecified atom stereocenters. The SMILES string of the molecule is C[C@H](Cn1cccn1)NC(=O)[C@@H]1CCCO1. The number of rotatable bonds is 4. The van der Waals surface area contributed by atoms with Crippen LogP contribution in [0.1, 0.15) is 19.8 Å². The van der Waals surface area contributed by atoms with Gasteiger partial charge in [0.1, 0.15) is 6.10 Å². The molecule has 1 aliphatic heterocycles. The largest absolute Gasteiger partial charge is 0.368 e. The maximum atomic E-state index is 11.7. The van der Waals surface area contributed by atoms with Gasteiger partial charge in [0.25, 0.3) is 0 Å². The molecule has 1 amide bonds. The Morgan fingerprint density at radius 1 is 1.75 bits per heavy atom. The molecule has 1 aromatic heterocycles. The van der Waals surface area contributed by atoms with Crippen molar-refractivity contribution in [3.05, 3.63) is 18.5 Å². The lowest BCUT2D eigenvalue weighted by atomic mass is 10.2. The van der Waals surface area contributed by atoms with E-state index in [0.717, 1.165) is 12.8 Å². The van der Waals surface area contributed by atoms with Crippen molar-refractivity contribution in [1.29, 1.82) is 0 Å². The quantitative estimate of drug-likeness (QED) is 0.811. The van der Waals surface area contributed by atoms with Gasteiger partial charge in [-0.3, -0.25) is 9.48 Å². The molecule has 1 aromatic rings. The Kier molecular flexibility index (Phi) is 3.56. The Balaban J connectivity index is 1.78. The molecule has 1 saturated heterocycles. The summed E-state index contributed by atoms with van der Waals surface area (Å²) in [4.78, 5) is 11.7. The Morgan fingerprint density at radius 2 is 2.62 bits per heavy atom. The minimum atomic E-state index is -0.250. The number of nitrogens with one attached hydrogen (secondary N) is 1. The summed E-state index contributed by atoms with van der Waals surface area (Å²) >= 11 is 0. The molecule has 1 aliphatic rings. The molecule has 88 valence electrons. The highest BCUT2D eigenvalue weighted by molar-refractivity contribution is 5.81. The number of aromatic nitrogens is 2. The summed E-state index contributed by atoms with van der Waals surface area (Å²) in [6, 6.07) is 1.94. The molecule has 0 bridgehead atoms. The van der Waals surface area contributed by atoms with Gasteiger partial charge >= 0.3 is 0 Å². The smallest absolute Gasteiger partial charge is 0.249 e. The van der Waals surface area contributed by atoms with E-state index in [9.17, 15) is 4.79 Å². The fraction of sp³-hybridized carbons (Fsp3) is 0.636. The molecule has 1 N–H and O–H groups in total. The van der Waals surface area contributed by atoms with Crippen LogP contribution in [0.15, 0.2) is 18.5 Å². The number of hydrogen-bond donors (Lipinski definition) is 1. The average Bonchev–Trinajstić information content (AvgIpc) is 2.88. The Morgan fingerprint density at radius 3 is 3.25 bits per heavy atom. The van der Waals surface area contributed by atoms with Gasteiger partial charge in [0, 0.05) is 25.0 Å². The topological polar surface area (TPSA) is 56.2 Å². The van der Waals surface area contributed by atoms with Crippen LogP contribution >= 0.6 is 0 Å². The molecule has 0 aromatic carbocycles. The van der Waals surface area contributed by atoms with Crippen molar-refractivity contribution < 1.29 is 9.53 Å². The van der Waals surface area contributed by atoms with Crippen LogP contribution in [-0.4, -0.2) is 34.4 Å². The van der Waals surface area contributed by atoms with Crippen molar-refractivity contribution in [2.45, 2.75) is 38.5 Å². The molecule has 2 atom stereocenters. The third-order valence-corrected chi connectivity index (χ3v) is 2.63. The second-order valence-corrected chi connectivity index (χ2v) is 4.14. The number of nitrogens with zero attached hydrogens (tertiary/aromatic N) is 2. The first-order chi connectivity index (χ1) is 7.75. The fourth-order valence-corrected chi connectivity index (χ4v) is 1.85. The monoisotopic (exact) mass is 223 g/mol. The molecule has 0 radical (unpaired) electrons. The van der Waals surface area contributed by atoms with Crippen LogP contribution in [0.4, 0.5) is 0 Å². The van der Waals surface area contributed by atoms with Crippen LogP contribution in [0, 0.1) is 0 Å². The van der Waals surface area contributed by atoms with Gasteiger partial charge < -0.3 is 10.1 Å². The first kappa shape index (κ1) is 11.1. The molecule has 5 nitrogen and oxygen atoms in total. The third kappa shape index (κ3) is 2.82. The van der Waals surface area contributed by atoms with E-state index >= 15 is 0 Å². The minimum absolute atomic E-state index is 0.00263. The standard InChI is InChI=1S/C11H17N3O2/c1-9(8-14-6-3-5-12-14)13-11(15)10-4-2-7-16-10/h3,5-6,9-10H,2,4,7-8H2,1H3,(H,13,15)/t9-,10+/m1/s1. The normalized spacial score (nSPS) is 21.9. The Bertz CT molecular complexity index is 331. The summed E-state index contributed by atoms with van der Waals surface area (Å²) in [5, 5.41) is 7.03. The fourth-order valence-electron chi connectivity index (χ4n) is 1.85. The number of carbonyl (C=O) groups excluding carboxylic acids is 1. The molecular weight excluding hydrogens is 206 g/mol. The second kappa shape index (κ2) is 5.12. The van der Waals surface area contributed by atoms with Gasteiger partial charge in [-0.25, -0.2) is 0 Å². The van der Waals surface area contributed by atoms with Crippen LogP contribution < -0.4 is 5.32 Å². The van der Waals surface area contributed by atoms with E-state index in [2.05, 4.69) is 10.4 Å². The first-order valence-corrected chi connectivity index (χ1v) is 5.65. The minimum Gasteiger partial charge on any atom is -0.368 e. The summed E-state index contributed by atoms with van der Waals surface area (Å²) in [5.41, 5.74) is 0. The van der Waals surface area contributed by atoms with Gasteiger partial charge in [0.05, 0.1) is 6.54 Å². The highest BCUT2D eigenvalue weighted by Crippen LogP contribution is 2.11. The van der Waals surface area contributed by atoms with E-state index in [1.807, 2.05) is 19.2 Å². The summed E-state index contributed by atoms with van der Waals surface area (Å²) in [6.45, 7) is 3.35. The maximum absolute atomic E-state index is 11.7. The van der Waals surface area contributed by atoms with Crippen molar-refractivity contribution >= 4 is 5.91 Å². The van der Waals surface area contributed by atoms with Crippen LogP contribution in [0.5, 0.6) is 0 Å². The van der Waals surface area contributed by atoms with E-state index in [4.69, 9.17) is 4.74 Å². The van der Waals surface area contributed by atoms with Gasteiger partial charge in [0.2, 0.25) is 5.91 Å². The third-order valence-electron chi connectivity index (χ3n) is 2.63. The van der Waals surface area contributed by atoms with Gasteiger partial charge in [0.15, 0.2) is 0 Å². The van der Waals surface area contributed by atoms with Crippen molar-refractivity contribution in [3.8, 4) is 0 Å². The van der Waals surface area contributed by atoms with Crippen molar-refractivity contribution in [1.82, 2.24) is 15.1 Å². The van der Waals surface area contributed by atoms with Crippen LogP contribution in [0.2, 0.25) is 0 Å². The summed E-state index contributed by atoms with van der Waals surface area (Å²) in [7, 11) is 0. The lowest BCUT2D eigenvalue weighted by molar-refractivity contribution is -0.130. The number of ether oxygens (including phenoxy) is 1. The first-order valence-electron chi connectivity index (χ1n) is 5.65. The molecule has 0 saturated carbocycles. The van der Waals surface area contributed by atoms with Crippen LogP contribution in [-0.2, 0) is 16.1 Å². The van der Waals surface area contributed by atoms with Crippen molar-refractivity contribution in [3.63, 3.8) is 0 Å². The molecule has 0 spiro atoms. The number of hydrogen-bond acceptors (Lipinski definition) is 3. The highest BCUT2D eigenvalue weighted by Gasteiger charge is 2.24. The van der Waals surface area contributed by atoms with Gasteiger partial charge in [-0.05, 0) is 25.8 Å². The van der Waals surface area contributed by atoms with Gasteiger partial charge in [-0.2, -0.15) is 5.10 Å². The summed E-state index contributed by atoms with van der Waals surface area (Å²) < 4.78 is 7.12. The number of amides is 1. The average molecular weight is 223 g/mol. The van der Waals surface area contributed by atoms with E-state index in [-0.39, 0.29) is 18.1 Å². The van der Waals surface area contributed by atoms with Crippen molar-refractivity contribution in [2.24, 2.45) is 0 Å². The molecule has 5 heteroatoms. The Labute approximate surface area is 94.8 Å². The molecular formula is C11H17N3O2. The maximum Gasteiger partial charge on any atom is 0.249 e. The number of carbonyl (C=O) groups is 1. The molecule has 2 heterocycles. The van der Waals surface area contributed by atoms with Gasteiger partial charge in [-0.15, -0.1) is 0 Å². The lowest BCUT2D eigenvalue weighted by Gasteiger charge is -2.16. The van der Waals surface area contributed by atoms with E-state index in [1.165, 1.54) is 0 Å². The summed E-state index contributed by atoms with van der Waals surface area (Å²) in [6.07, 6.45) is 5.18. The predicted molar refractivity (Wildman–Crippen MR) is 58.8 cm³/mol. The second-order valence-electron chi connectivity index (χ2n) is 4.14. The molecule has 1 fully saturated rings. The van der Waals surface area contributed by atoms with Crippen LogP contribution in [0.25, 0.3) is 0 Å². The zero-order valence-electron chi connectivity index (χ0n) is 9.43. The van der Waals surface area contributed by atoms with Gasteiger partial charge in [-0.1, -0.05) is 0 Å². The lowest BCUT2D eigenvalue weighted by Crippen LogP contribution is -2.41. The van der Waals surface area contributed by atoms with E-state index < -0.39 is 0 Å². The molecule has 0 aliphatic carbocycles. The highest BCUT2D eigenvalue weighted by atomic mass is 16.5. The summed E-state index contributed by atoms with van der Waals surface area (Å²) in [5.74, 6) is -0.00263. The molecule has 2 rings (SSSR count). The molecule has 16 heavy (non-hydrogen) atoms. The van der Waals surface area contributed by atoms with E-state index in [0.29, 0.717) is 13.2 Å². The Hall–Kier alpha value is -1.36. The van der Waals surface area contributed by atoms with Crippen LogP contribution in [0.3, 0.4) is 0 Å². The predicted octanol–water partition coefficient (Wildman–Crippen LogP) is 0.567. The van der Waals surface area contributed by atoms with E-state index in [1.54, 1.807) is 10.9 Å². The van der Waals surface area contributed by atoms with Crippen molar-refractivity contribution in [2.75, 3.05) is 6.61 Å². The zero-order valence-corrected chi connectivity index (χ0v) is 9.43.